The molecule has 4 nitrogen and oxygen atoms in total. The predicted octanol–water partition coefficient (Wildman–Crippen LogP) is 2.28. The molecule has 1 atom stereocenters. The second-order valence-electron chi connectivity index (χ2n) is 4.80. The summed E-state index contributed by atoms with van der Waals surface area (Å²) in [5, 5.41) is 8.70. The van der Waals surface area contributed by atoms with E-state index < -0.39 is 5.97 Å². The molecule has 0 aromatic heterocycles. The topological polar surface area (TPSA) is 57.6 Å². The maximum atomic E-state index is 12.2. The molecule has 1 amide bonds. The minimum atomic E-state index is -0.808. The molecule has 0 aromatic rings. The Morgan fingerprint density at radius 3 is 2.35 bits per heavy atom. The van der Waals surface area contributed by atoms with Crippen molar-refractivity contribution in [3.8, 4) is 0 Å². The maximum Gasteiger partial charge on any atom is 0.303 e. The number of carbonyl (C=O) groups is 2. The van der Waals surface area contributed by atoms with Gasteiger partial charge in [0.15, 0.2) is 0 Å². The van der Waals surface area contributed by atoms with Crippen LogP contribution in [0, 0.1) is 5.92 Å². The van der Waals surface area contributed by atoms with Crippen molar-refractivity contribution in [1.29, 1.82) is 0 Å². The molecule has 1 N–H and O–H groups in total. The van der Waals surface area contributed by atoms with Crippen LogP contribution in [0.25, 0.3) is 0 Å². The summed E-state index contributed by atoms with van der Waals surface area (Å²) >= 11 is 0. The highest BCUT2D eigenvalue weighted by Gasteiger charge is 2.25. The van der Waals surface area contributed by atoms with Gasteiger partial charge in [-0.05, 0) is 32.1 Å². The van der Waals surface area contributed by atoms with E-state index in [9.17, 15) is 9.59 Å². The lowest BCUT2D eigenvalue weighted by Gasteiger charge is -2.30. The number of carboxylic acids is 1. The Labute approximate surface area is 103 Å². The van der Waals surface area contributed by atoms with E-state index in [4.69, 9.17) is 5.11 Å². The van der Waals surface area contributed by atoms with Gasteiger partial charge >= 0.3 is 5.97 Å². The summed E-state index contributed by atoms with van der Waals surface area (Å²) in [6.07, 6.45) is 5.71. The van der Waals surface area contributed by atoms with Crippen LogP contribution in [0.3, 0.4) is 0 Å². The monoisotopic (exact) mass is 241 g/mol. The third-order valence-corrected chi connectivity index (χ3v) is 3.36. The summed E-state index contributed by atoms with van der Waals surface area (Å²) in [5.41, 5.74) is 0. The average Bonchev–Trinajstić information content (AvgIpc) is 2.34. The van der Waals surface area contributed by atoms with Crippen molar-refractivity contribution in [1.82, 2.24) is 4.90 Å². The third-order valence-electron chi connectivity index (χ3n) is 3.36. The van der Waals surface area contributed by atoms with Crippen molar-refractivity contribution < 1.29 is 14.7 Å². The number of piperidine rings is 1. The lowest BCUT2D eigenvalue weighted by molar-refractivity contribution is -0.139. The zero-order valence-corrected chi connectivity index (χ0v) is 10.7. The van der Waals surface area contributed by atoms with Gasteiger partial charge in [0.25, 0.3) is 0 Å². The van der Waals surface area contributed by atoms with Crippen molar-refractivity contribution in [3.63, 3.8) is 0 Å². The number of likely N-dealkylation sites (tertiary alicyclic amines) is 1. The fourth-order valence-corrected chi connectivity index (χ4v) is 2.41. The van der Waals surface area contributed by atoms with Crippen molar-refractivity contribution in [2.45, 2.75) is 51.9 Å². The number of carbonyl (C=O) groups excluding carboxylic acids is 1. The molecule has 0 saturated carbocycles. The van der Waals surface area contributed by atoms with Crippen LogP contribution < -0.4 is 0 Å². The highest BCUT2D eigenvalue weighted by atomic mass is 16.4. The molecule has 0 bridgehead atoms. The van der Waals surface area contributed by atoms with Gasteiger partial charge in [-0.1, -0.05) is 13.3 Å². The molecule has 1 fully saturated rings. The first-order valence-corrected chi connectivity index (χ1v) is 6.65. The SMILES string of the molecule is CCCC(CCC(=O)O)C(=O)N1CCCCC1. The van der Waals surface area contributed by atoms with Crippen molar-refractivity contribution in [2.75, 3.05) is 13.1 Å². The average molecular weight is 241 g/mol. The fraction of sp³-hybridized carbons (Fsp3) is 0.846. The van der Waals surface area contributed by atoms with E-state index in [2.05, 4.69) is 0 Å². The second kappa shape index (κ2) is 7.30. The molecule has 1 heterocycles. The van der Waals surface area contributed by atoms with E-state index in [1.165, 1.54) is 6.42 Å². The molecule has 0 spiro atoms. The zero-order valence-electron chi connectivity index (χ0n) is 10.7. The van der Waals surface area contributed by atoms with Crippen molar-refractivity contribution in [3.05, 3.63) is 0 Å². The number of hydrogen-bond acceptors (Lipinski definition) is 2. The molecule has 1 unspecified atom stereocenters. The Hall–Kier alpha value is -1.06. The molecular formula is C13H23NO3. The second-order valence-corrected chi connectivity index (χ2v) is 4.80. The number of nitrogens with zero attached hydrogens (tertiary/aromatic N) is 1. The zero-order chi connectivity index (χ0) is 12.7. The summed E-state index contributed by atoms with van der Waals surface area (Å²) < 4.78 is 0. The Kier molecular flexibility index (Phi) is 6.01. The Balaban J connectivity index is 2.48. The van der Waals surface area contributed by atoms with Crippen LogP contribution in [0.4, 0.5) is 0 Å². The van der Waals surface area contributed by atoms with Gasteiger partial charge in [-0.25, -0.2) is 0 Å². The van der Waals surface area contributed by atoms with Crippen LogP contribution in [0.15, 0.2) is 0 Å². The molecule has 1 aliphatic heterocycles. The van der Waals surface area contributed by atoms with Gasteiger partial charge in [-0.2, -0.15) is 0 Å². The van der Waals surface area contributed by atoms with Crippen LogP contribution >= 0.6 is 0 Å². The fourth-order valence-electron chi connectivity index (χ4n) is 2.41. The van der Waals surface area contributed by atoms with Crippen molar-refractivity contribution >= 4 is 11.9 Å². The Morgan fingerprint density at radius 2 is 1.82 bits per heavy atom. The van der Waals surface area contributed by atoms with E-state index in [0.29, 0.717) is 6.42 Å². The number of carboxylic acid groups (broad SMARTS) is 1. The van der Waals surface area contributed by atoms with Gasteiger partial charge in [0, 0.05) is 25.4 Å². The molecule has 17 heavy (non-hydrogen) atoms. The van der Waals surface area contributed by atoms with Gasteiger partial charge in [-0.3, -0.25) is 9.59 Å². The molecule has 0 aromatic carbocycles. The molecule has 4 heteroatoms. The minimum Gasteiger partial charge on any atom is -0.481 e. The van der Waals surface area contributed by atoms with Gasteiger partial charge < -0.3 is 10.0 Å². The van der Waals surface area contributed by atoms with E-state index >= 15 is 0 Å². The Morgan fingerprint density at radius 1 is 1.18 bits per heavy atom. The lowest BCUT2D eigenvalue weighted by atomic mass is 9.95. The van der Waals surface area contributed by atoms with Crippen LogP contribution in [-0.4, -0.2) is 35.0 Å². The van der Waals surface area contributed by atoms with Crippen molar-refractivity contribution in [2.24, 2.45) is 5.92 Å². The standard InChI is InChI=1S/C13H23NO3/c1-2-6-11(7-8-12(15)16)13(17)14-9-4-3-5-10-14/h11H,2-10H2,1H3,(H,15,16). The summed E-state index contributed by atoms with van der Waals surface area (Å²) in [6, 6.07) is 0. The first-order chi connectivity index (χ1) is 8.15. The predicted molar refractivity (Wildman–Crippen MR) is 65.7 cm³/mol. The lowest BCUT2D eigenvalue weighted by Crippen LogP contribution is -2.39. The molecule has 0 aliphatic carbocycles. The largest absolute Gasteiger partial charge is 0.481 e. The van der Waals surface area contributed by atoms with E-state index in [0.717, 1.165) is 38.8 Å². The van der Waals surface area contributed by atoms with Gasteiger partial charge in [0.05, 0.1) is 0 Å². The van der Waals surface area contributed by atoms with E-state index in [1.807, 2.05) is 11.8 Å². The van der Waals surface area contributed by atoms with Crippen LogP contribution in [0.2, 0.25) is 0 Å². The van der Waals surface area contributed by atoms with E-state index in [-0.39, 0.29) is 18.2 Å². The smallest absolute Gasteiger partial charge is 0.303 e. The third kappa shape index (κ3) is 4.75. The summed E-state index contributed by atoms with van der Waals surface area (Å²) in [4.78, 5) is 24.7. The highest BCUT2D eigenvalue weighted by molar-refractivity contribution is 5.79. The molecule has 98 valence electrons. The number of rotatable bonds is 6. The summed E-state index contributed by atoms with van der Waals surface area (Å²) in [5.74, 6) is -0.723. The normalized spacial score (nSPS) is 17.8. The van der Waals surface area contributed by atoms with Gasteiger partial charge in [-0.15, -0.1) is 0 Å². The van der Waals surface area contributed by atoms with Gasteiger partial charge in [0.2, 0.25) is 5.91 Å². The maximum absolute atomic E-state index is 12.2. The molecule has 1 aliphatic rings. The first-order valence-electron chi connectivity index (χ1n) is 6.65. The highest BCUT2D eigenvalue weighted by Crippen LogP contribution is 2.19. The number of hydrogen-bond donors (Lipinski definition) is 1. The summed E-state index contributed by atoms with van der Waals surface area (Å²) in [7, 11) is 0. The molecule has 0 radical (unpaired) electrons. The quantitative estimate of drug-likeness (QED) is 0.776. The van der Waals surface area contributed by atoms with Crippen LogP contribution in [-0.2, 0) is 9.59 Å². The van der Waals surface area contributed by atoms with Crippen LogP contribution in [0.5, 0.6) is 0 Å². The number of amides is 1. The van der Waals surface area contributed by atoms with E-state index in [1.54, 1.807) is 0 Å². The van der Waals surface area contributed by atoms with Gasteiger partial charge in [0.1, 0.15) is 0 Å². The summed E-state index contributed by atoms with van der Waals surface area (Å²) in [6.45, 7) is 3.75. The molecular weight excluding hydrogens is 218 g/mol. The Bertz CT molecular complexity index is 259. The number of aliphatic carboxylic acids is 1. The molecule has 1 saturated heterocycles. The molecule has 1 rings (SSSR count). The van der Waals surface area contributed by atoms with Crippen LogP contribution in [0.1, 0.15) is 51.9 Å². The minimum absolute atomic E-state index is 0.0887. The first kappa shape index (κ1) is 14.0.